The first-order valence-electron chi connectivity index (χ1n) is 6.71. The van der Waals surface area contributed by atoms with Crippen LogP contribution in [-0.2, 0) is 11.8 Å². The van der Waals surface area contributed by atoms with E-state index in [-0.39, 0.29) is 5.57 Å². The summed E-state index contributed by atoms with van der Waals surface area (Å²) in [6, 6.07) is 6.74. The summed E-state index contributed by atoms with van der Waals surface area (Å²) < 4.78 is 6.83. The maximum Gasteiger partial charge on any atom is 0.266 e. The topological polar surface area (TPSA) is 79.9 Å². The summed E-state index contributed by atoms with van der Waals surface area (Å²) in [6.45, 7) is 1.85. The van der Waals surface area contributed by atoms with Crippen LogP contribution in [0.15, 0.2) is 30.0 Å². The highest BCUT2D eigenvalue weighted by molar-refractivity contribution is 6.31. The molecule has 0 bridgehead atoms. The van der Waals surface area contributed by atoms with Crippen LogP contribution >= 0.6 is 11.6 Å². The van der Waals surface area contributed by atoms with Crippen molar-refractivity contribution in [3.8, 4) is 11.8 Å². The lowest BCUT2D eigenvalue weighted by atomic mass is 10.1. The number of anilines is 1. The van der Waals surface area contributed by atoms with Gasteiger partial charge >= 0.3 is 0 Å². The monoisotopic (exact) mass is 330 g/mol. The molecule has 0 atom stereocenters. The Morgan fingerprint density at radius 2 is 2.26 bits per heavy atom. The van der Waals surface area contributed by atoms with Crippen LogP contribution in [0.2, 0.25) is 5.02 Å². The number of ether oxygens (including phenoxy) is 1. The zero-order chi connectivity index (χ0) is 17.0. The van der Waals surface area contributed by atoms with Gasteiger partial charge in [-0.1, -0.05) is 11.6 Å². The second-order valence-corrected chi connectivity index (χ2v) is 5.21. The Morgan fingerprint density at radius 1 is 1.52 bits per heavy atom. The number of nitriles is 1. The van der Waals surface area contributed by atoms with Crippen molar-refractivity contribution in [1.82, 2.24) is 9.78 Å². The van der Waals surface area contributed by atoms with Crippen molar-refractivity contribution < 1.29 is 9.53 Å². The molecule has 0 aliphatic carbocycles. The highest BCUT2D eigenvalue weighted by Gasteiger charge is 2.14. The fourth-order valence-electron chi connectivity index (χ4n) is 1.93. The Kier molecular flexibility index (Phi) is 5.04. The molecule has 1 aromatic carbocycles. The fraction of sp³-hybridized carbons (Fsp3) is 0.188. The second-order valence-electron chi connectivity index (χ2n) is 4.78. The van der Waals surface area contributed by atoms with Crippen molar-refractivity contribution >= 4 is 29.3 Å². The number of hydrogen-bond donors (Lipinski definition) is 1. The van der Waals surface area contributed by atoms with E-state index in [0.717, 1.165) is 5.69 Å². The Morgan fingerprint density at radius 3 is 2.83 bits per heavy atom. The molecule has 0 aliphatic rings. The van der Waals surface area contributed by atoms with E-state index in [2.05, 4.69) is 10.4 Å². The smallest absolute Gasteiger partial charge is 0.266 e. The third-order valence-electron chi connectivity index (χ3n) is 3.35. The molecule has 0 radical (unpaired) electrons. The van der Waals surface area contributed by atoms with Crippen molar-refractivity contribution in [2.24, 2.45) is 7.05 Å². The number of hydrogen-bond acceptors (Lipinski definition) is 4. The van der Waals surface area contributed by atoms with Gasteiger partial charge in [0, 0.05) is 23.3 Å². The van der Waals surface area contributed by atoms with Gasteiger partial charge in [0.2, 0.25) is 0 Å². The lowest BCUT2D eigenvalue weighted by molar-refractivity contribution is -0.112. The molecule has 1 N–H and O–H groups in total. The van der Waals surface area contributed by atoms with Crippen LogP contribution in [0.4, 0.5) is 5.69 Å². The predicted octanol–water partition coefficient (Wildman–Crippen LogP) is 2.94. The van der Waals surface area contributed by atoms with E-state index in [1.165, 1.54) is 13.2 Å². The van der Waals surface area contributed by atoms with E-state index < -0.39 is 5.91 Å². The molecule has 0 saturated heterocycles. The summed E-state index contributed by atoms with van der Waals surface area (Å²) in [6.07, 6.45) is 3.09. The normalized spacial score (nSPS) is 11.0. The van der Waals surface area contributed by atoms with E-state index in [0.29, 0.717) is 22.0 Å². The average Bonchev–Trinajstić information content (AvgIpc) is 2.84. The van der Waals surface area contributed by atoms with Crippen molar-refractivity contribution in [2.45, 2.75) is 6.92 Å². The maximum atomic E-state index is 12.3. The summed E-state index contributed by atoms with van der Waals surface area (Å²) in [5, 5.41) is 16.4. The van der Waals surface area contributed by atoms with E-state index in [9.17, 15) is 10.1 Å². The molecule has 2 aromatic rings. The first kappa shape index (κ1) is 16.6. The standard InChI is InChI=1S/C16H15ClN4O2/c1-10-12(9-19-21(10)2)6-11(8-18)16(22)20-14-7-13(17)4-5-15(14)23-3/h4-7,9H,1-3H3,(H,20,22). The molecule has 7 heteroatoms. The van der Waals surface area contributed by atoms with Gasteiger partial charge in [0.25, 0.3) is 5.91 Å². The van der Waals surface area contributed by atoms with Gasteiger partial charge in [-0.2, -0.15) is 10.4 Å². The largest absolute Gasteiger partial charge is 0.495 e. The van der Waals surface area contributed by atoms with Crippen LogP contribution in [0.25, 0.3) is 6.08 Å². The Balaban J connectivity index is 2.30. The van der Waals surface area contributed by atoms with Crippen molar-refractivity contribution in [1.29, 1.82) is 5.26 Å². The van der Waals surface area contributed by atoms with Crippen LogP contribution in [0.1, 0.15) is 11.3 Å². The van der Waals surface area contributed by atoms with E-state index in [1.54, 1.807) is 36.1 Å². The van der Waals surface area contributed by atoms with E-state index in [4.69, 9.17) is 16.3 Å². The highest BCUT2D eigenvalue weighted by Crippen LogP contribution is 2.28. The van der Waals surface area contributed by atoms with Crippen molar-refractivity contribution in [3.63, 3.8) is 0 Å². The predicted molar refractivity (Wildman–Crippen MR) is 88.2 cm³/mol. The lowest BCUT2D eigenvalue weighted by Crippen LogP contribution is -2.14. The van der Waals surface area contributed by atoms with Crippen LogP contribution < -0.4 is 10.1 Å². The minimum Gasteiger partial charge on any atom is -0.495 e. The lowest BCUT2D eigenvalue weighted by Gasteiger charge is -2.10. The molecule has 0 aliphatic heterocycles. The first-order valence-corrected chi connectivity index (χ1v) is 7.09. The number of aromatic nitrogens is 2. The quantitative estimate of drug-likeness (QED) is 0.690. The molecule has 0 saturated carbocycles. The first-order chi connectivity index (χ1) is 11.0. The zero-order valence-electron chi connectivity index (χ0n) is 12.9. The van der Waals surface area contributed by atoms with E-state index in [1.807, 2.05) is 13.0 Å². The van der Waals surface area contributed by atoms with Gasteiger partial charge in [-0.3, -0.25) is 9.48 Å². The molecule has 1 heterocycles. The summed E-state index contributed by atoms with van der Waals surface area (Å²) in [4.78, 5) is 12.3. The second kappa shape index (κ2) is 6.99. The zero-order valence-corrected chi connectivity index (χ0v) is 13.7. The summed E-state index contributed by atoms with van der Waals surface area (Å²) in [7, 11) is 3.27. The maximum absolute atomic E-state index is 12.3. The number of carbonyl (C=O) groups is 1. The van der Waals surface area contributed by atoms with E-state index >= 15 is 0 Å². The molecule has 0 unspecified atom stereocenters. The van der Waals surface area contributed by atoms with Crippen LogP contribution in [-0.4, -0.2) is 22.8 Å². The van der Waals surface area contributed by atoms with Gasteiger partial charge in [0.05, 0.1) is 19.0 Å². The van der Waals surface area contributed by atoms with Crippen LogP contribution in [0.5, 0.6) is 5.75 Å². The van der Waals surface area contributed by atoms with Gasteiger partial charge in [0.1, 0.15) is 17.4 Å². The SMILES string of the molecule is COc1ccc(Cl)cc1NC(=O)C(C#N)=Cc1cnn(C)c1C. The number of rotatable bonds is 4. The fourth-order valence-corrected chi connectivity index (χ4v) is 2.10. The van der Waals surface area contributed by atoms with Crippen LogP contribution in [0.3, 0.4) is 0 Å². The Hall–Kier alpha value is -2.78. The number of amides is 1. The molecule has 2 rings (SSSR count). The number of carbonyl (C=O) groups excluding carboxylic acids is 1. The summed E-state index contributed by atoms with van der Waals surface area (Å²) in [5.74, 6) is -0.0890. The third-order valence-corrected chi connectivity index (χ3v) is 3.58. The van der Waals surface area contributed by atoms with Gasteiger partial charge < -0.3 is 10.1 Å². The molecule has 1 amide bonds. The summed E-state index contributed by atoms with van der Waals surface area (Å²) >= 11 is 5.93. The number of nitrogens with zero attached hydrogens (tertiary/aromatic N) is 3. The van der Waals surface area contributed by atoms with Gasteiger partial charge in [-0.05, 0) is 31.2 Å². The van der Waals surface area contributed by atoms with Gasteiger partial charge in [0.15, 0.2) is 0 Å². The molecule has 118 valence electrons. The molecule has 6 nitrogen and oxygen atoms in total. The van der Waals surface area contributed by atoms with Crippen LogP contribution in [0, 0.1) is 18.3 Å². The number of aryl methyl sites for hydroxylation is 1. The molecule has 0 fully saturated rings. The minimum atomic E-state index is -0.545. The number of halogens is 1. The van der Waals surface area contributed by atoms with Crippen molar-refractivity contribution in [3.05, 3.63) is 46.2 Å². The van der Waals surface area contributed by atoms with Crippen molar-refractivity contribution in [2.75, 3.05) is 12.4 Å². The molecule has 0 spiro atoms. The number of methoxy groups -OCH3 is 1. The number of nitrogens with one attached hydrogen (secondary N) is 1. The molecular weight excluding hydrogens is 316 g/mol. The average molecular weight is 331 g/mol. The van der Waals surface area contributed by atoms with Gasteiger partial charge in [-0.25, -0.2) is 0 Å². The minimum absolute atomic E-state index is 0.0388. The number of benzene rings is 1. The summed E-state index contributed by atoms with van der Waals surface area (Å²) in [5.41, 5.74) is 1.92. The Labute approximate surface area is 138 Å². The van der Waals surface area contributed by atoms with Gasteiger partial charge in [-0.15, -0.1) is 0 Å². The molecular formula is C16H15ClN4O2. The molecule has 23 heavy (non-hydrogen) atoms. The third kappa shape index (κ3) is 3.71. The highest BCUT2D eigenvalue weighted by atomic mass is 35.5. The molecule has 1 aromatic heterocycles. The Bertz CT molecular complexity index is 818.